The van der Waals surface area contributed by atoms with Gasteiger partial charge in [0.2, 0.25) is 17.7 Å². The molecule has 5 aliphatic rings. The molecule has 31 heteroatoms. The Bertz CT molecular complexity index is 1720. The number of aliphatic carboxylic acids is 2. The minimum absolute atomic E-state index is 0.739. The van der Waals surface area contributed by atoms with Crippen molar-refractivity contribution in [3.8, 4) is 0 Å². The maximum atomic E-state index is 12.6. The quantitative estimate of drug-likeness (QED) is 0.0683. The molecule has 0 saturated carbocycles. The molecule has 67 heavy (non-hydrogen) atoms. The van der Waals surface area contributed by atoms with Crippen LogP contribution in [0.1, 0.15) is 20.8 Å². The number of carbonyl (C=O) groups is 5. The van der Waals surface area contributed by atoms with Crippen LogP contribution in [0.2, 0.25) is 0 Å². The predicted octanol–water partition coefficient (Wildman–Crippen LogP) is -11.3. The predicted molar refractivity (Wildman–Crippen MR) is 202 cm³/mol. The highest BCUT2D eigenvalue weighted by Crippen LogP contribution is 2.36. The first-order valence-corrected chi connectivity index (χ1v) is 20.6. The molecule has 5 aliphatic heterocycles. The standard InChI is InChI=1S/C36H57N3O28/c1-7(43)37-13-18(48)24(11(5-41)59-32(13)58)62-35-22(52)21(51)27(29(66-35)31(56)57)65-34-15(39-9(3)45)19(49)25(12(6-42)61-34)63-36-23(53)20(50)26(28(67-36)30(54)55)64-33-14(38-8(2)44)17(47)16(46)10(4-40)60-33/h10-29,32-36,40-42,46-53,58H,4-6H2,1-3H3,(H,37,43)(H,38,44)(H,39,45)(H,54,55)(H,56,57)/t10-,11-,12-,13-,14-,15-,16-,17-,18-,19-,20-,21-,22-,23-,24-,25-,26+,27+,28+,29+,32+,33-,34-,35-,36-/m1/s1. The molecule has 17 N–H and O–H groups in total. The Morgan fingerprint density at radius 2 is 0.746 bits per heavy atom. The van der Waals surface area contributed by atoms with Crippen molar-refractivity contribution in [2.75, 3.05) is 19.8 Å². The van der Waals surface area contributed by atoms with Crippen LogP contribution in [0.25, 0.3) is 0 Å². The molecule has 0 aliphatic carbocycles. The average molecular weight is 980 g/mol. The zero-order valence-corrected chi connectivity index (χ0v) is 35.5. The van der Waals surface area contributed by atoms with E-state index in [1.54, 1.807) is 0 Å². The first-order valence-electron chi connectivity index (χ1n) is 20.6. The van der Waals surface area contributed by atoms with Gasteiger partial charge in [-0.25, -0.2) is 9.59 Å². The van der Waals surface area contributed by atoms with Gasteiger partial charge in [-0.05, 0) is 0 Å². The molecule has 384 valence electrons. The fraction of sp³-hybridized carbons (Fsp3) is 0.861. The molecular weight excluding hydrogens is 922 g/mol. The SMILES string of the molecule is CC(=O)N[C@@H]1[C@@H](O)[C@H](O[C@@H]2O[C@H](C(=O)O)[C@@H](O[C@H]3O[C@H](CO)[C@@H](O[C@@H]4O[C@H](C(=O)O)[C@@H](O[C@H]5O[C@H](CO)[C@@H](O)[C@H](O)[C@H]5NC(C)=O)[C@H](O)[C@H]4O)[C@H](O)[C@H]3NC(C)=O)[C@H](O)[C@H]2O)[C@@H](CO)O[C@@H]1O. The highest BCUT2D eigenvalue weighted by Gasteiger charge is 2.58. The lowest BCUT2D eigenvalue weighted by Gasteiger charge is -2.50. The van der Waals surface area contributed by atoms with E-state index in [-0.39, 0.29) is 0 Å². The summed E-state index contributed by atoms with van der Waals surface area (Å²) in [6.45, 7) is 0.0261. The molecule has 5 saturated heterocycles. The third-order valence-corrected chi connectivity index (χ3v) is 11.5. The summed E-state index contributed by atoms with van der Waals surface area (Å²) in [7, 11) is 0. The van der Waals surface area contributed by atoms with Crippen LogP contribution in [0.3, 0.4) is 0 Å². The smallest absolute Gasteiger partial charge is 0.335 e. The second-order valence-corrected chi connectivity index (χ2v) is 16.2. The molecule has 31 nitrogen and oxygen atoms in total. The van der Waals surface area contributed by atoms with Gasteiger partial charge >= 0.3 is 11.9 Å². The number of carboxylic acids is 2. The van der Waals surface area contributed by atoms with Crippen molar-refractivity contribution in [3.63, 3.8) is 0 Å². The largest absolute Gasteiger partial charge is 0.479 e. The third kappa shape index (κ3) is 11.9. The van der Waals surface area contributed by atoms with Gasteiger partial charge in [0, 0.05) is 20.8 Å². The highest BCUT2D eigenvalue weighted by molar-refractivity contribution is 5.75. The number of hydrogen-bond acceptors (Lipinski definition) is 26. The van der Waals surface area contributed by atoms with Crippen molar-refractivity contribution in [2.45, 2.75) is 174 Å². The lowest BCUT2D eigenvalue weighted by Crippen LogP contribution is -2.70. The normalized spacial score (nSPS) is 45.9. The summed E-state index contributed by atoms with van der Waals surface area (Å²) in [6, 6.07) is -5.10. The van der Waals surface area contributed by atoms with Gasteiger partial charge in [0.1, 0.15) is 110 Å². The Kier molecular flexibility index (Phi) is 18.7. The van der Waals surface area contributed by atoms with E-state index in [1.807, 2.05) is 0 Å². The first kappa shape index (κ1) is 54.5. The van der Waals surface area contributed by atoms with Gasteiger partial charge in [-0.1, -0.05) is 0 Å². The van der Waals surface area contributed by atoms with Gasteiger partial charge in [0.15, 0.2) is 43.7 Å². The summed E-state index contributed by atoms with van der Waals surface area (Å²) in [5, 5.41) is 155. The summed E-state index contributed by atoms with van der Waals surface area (Å²) in [5.74, 6) is -6.21. The summed E-state index contributed by atoms with van der Waals surface area (Å²) in [4.78, 5) is 61.1. The van der Waals surface area contributed by atoms with Crippen molar-refractivity contribution in [1.82, 2.24) is 16.0 Å². The van der Waals surface area contributed by atoms with Crippen LogP contribution >= 0.6 is 0 Å². The Balaban J connectivity index is 1.34. The molecular formula is C36H57N3O28. The van der Waals surface area contributed by atoms with Crippen molar-refractivity contribution in [3.05, 3.63) is 0 Å². The number of hydrogen-bond donors (Lipinski definition) is 17. The molecule has 0 aromatic heterocycles. The molecule has 5 heterocycles. The number of nitrogens with one attached hydrogen (secondary N) is 3. The van der Waals surface area contributed by atoms with Crippen molar-refractivity contribution < 1.29 is 138 Å². The maximum absolute atomic E-state index is 12.6. The van der Waals surface area contributed by atoms with E-state index in [4.69, 9.17) is 42.6 Å². The monoisotopic (exact) mass is 979 g/mol. The fourth-order valence-electron chi connectivity index (χ4n) is 8.19. The van der Waals surface area contributed by atoms with Gasteiger partial charge in [0.25, 0.3) is 0 Å². The number of aliphatic hydroxyl groups is 12. The van der Waals surface area contributed by atoms with E-state index in [9.17, 15) is 95.5 Å². The number of ether oxygens (including phenoxy) is 9. The van der Waals surface area contributed by atoms with Crippen LogP contribution in [0.15, 0.2) is 0 Å². The zero-order chi connectivity index (χ0) is 49.9. The van der Waals surface area contributed by atoms with E-state index >= 15 is 0 Å². The molecule has 3 amide bonds. The molecule has 5 fully saturated rings. The highest BCUT2D eigenvalue weighted by atomic mass is 16.8. The van der Waals surface area contributed by atoms with E-state index < -0.39 is 203 Å². The van der Waals surface area contributed by atoms with Crippen LogP contribution < -0.4 is 16.0 Å². The van der Waals surface area contributed by atoms with Crippen LogP contribution in [-0.2, 0) is 66.6 Å². The summed E-state index contributed by atoms with van der Waals surface area (Å²) in [6.07, 6.45) is -44.9. The first-order chi connectivity index (χ1) is 31.4. The lowest BCUT2D eigenvalue weighted by atomic mass is 9.94. The number of carboxylic acid groups (broad SMARTS) is 2. The Morgan fingerprint density at radius 3 is 1.13 bits per heavy atom. The van der Waals surface area contributed by atoms with E-state index in [1.165, 1.54) is 0 Å². The van der Waals surface area contributed by atoms with Crippen LogP contribution in [-0.4, -0.2) is 274 Å². The summed E-state index contributed by atoms with van der Waals surface area (Å²) < 4.78 is 49.8. The van der Waals surface area contributed by atoms with Crippen molar-refractivity contribution in [1.29, 1.82) is 0 Å². The fourth-order valence-corrected chi connectivity index (χ4v) is 8.19. The van der Waals surface area contributed by atoms with Gasteiger partial charge in [0.05, 0.1) is 19.8 Å². The topological polar surface area (TPSA) is 488 Å². The maximum Gasteiger partial charge on any atom is 0.335 e. The number of amides is 3. The summed E-state index contributed by atoms with van der Waals surface area (Å²) >= 11 is 0. The molecule has 25 atom stereocenters. The molecule has 0 spiro atoms. The third-order valence-electron chi connectivity index (χ3n) is 11.5. The Labute approximate surface area is 377 Å². The Morgan fingerprint density at radius 1 is 0.403 bits per heavy atom. The second-order valence-electron chi connectivity index (χ2n) is 16.2. The van der Waals surface area contributed by atoms with Crippen LogP contribution in [0.5, 0.6) is 0 Å². The van der Waals surface area contributed by atoms with Crippen LogP contribution in [0.4, 0.5) is 0 Å². The minimum Gasteiger partial charge on any atom is -0.479 e. The molecule has 0 aromatic rings. The van der Waals surface area contributed by atoms with Crippen molar-refractivity contribution >= 4 is 29.7 Å². The molecule has 0 aromatic carbocycles. The minimum atomic E-state index is -2.34. The number of carbonyl (C=O) groups excluding carboxylic acids is 3. The van der Waals surface area contributed by atoms with E-state index in [0.29, 0.717) is 0 Å². The van der Waals surface area contributed by atoms with Gasteiger partial charge in [-0.2, -0.15) is 0 Å². The van der Waals surface area contributed by atoms with E-state index in [0.717, 1.165) is 20.8 Å². The van der Waals surface area contributed by atoms with E-state index in [2.05, 4.69) is 16.0 Å². The molecule has 0 unspecified atom stereocenters. The number of aliphatic hydroxyl groups excluding tert-OH is 12. The van der Waals surface area contributed by atoms with Gasteiger partial charge in [-0.3, -0.25) is 14.4 Å². The average Bonchev–Trinajstić information content (AvgIpc) is 3.26. The second kappa shape index (κ2) is 23.0. The number of rotatable bonds is 16. The Hall–Kier alpha value is -3.49. The molecule has 0 bridgehead atoms. The lowest BCUT2D eigenvalue weighted by molar-refractivity contribution is -0.376. The molecule has 0 radical (unpaired) electrons. The zero-order valence-electron chi connectivity index (χ0n) is 35.5. The van der Waals surface area contributed by atoms with Gasteiger partial charge in [-0.15, -0.1) is 0 Å². The van der Waals surface area contributed by atoms with Crippen LogP contribution in [0, 0.1) is 0 Å². The summed E-state index contributed by atoms with van der Waals surface area (Å²) in [5.41, 5.74) is 0. The van der Waals surface area contributed by atoms with Crippen molar-refractivity contribution in [2.24, 2.45) is 0 Å². The molecule has 5 rings (SSSR count). The van der Waals surface area contributed by atoms with Gasteiger partial charge < -0.3 is 130 Å².